The van der Waals surface area contributed by atoms with Crippen LogP contribution < -0.4 is 5.73 Å². The van der Waals surface area contributed by atoms with E-state index >= 15 is 0 Å². The molecule has 1 aromatic rings. The summed E-state index contributed by atoms with van der Waals surface area (Å²) >= 11 is 5.38. The number of carboxylic acid groups (broad SMARTS) is 1. The second kappa shape index (κ2) is 3.62. The Hall–Kier alpha value is -1.43. The molecule has 3 nitrogen and oxygen atoms in total. The van der Waals surface area contributed by atoms with Gasteiger partial charge in [0.25, 0.3) is 0 Å². The summed E-state index contributed by atoms with van der Waals surface area (Å²) in [6.45, 7) is 0. The van der Waals surface area contributed by atoms with E-state index in [9.17, 15) is 18.0 Å². The number of rotatable bonds is 1. The summed E-state index contributed by atoms with van der Waals surface area (Å²) in [5.74, 6) is -1.70. The first-order chi connectivity index (χ1) is 6.73. The normalized spacial score (nSPS) is 11.5. The van der Waals surface area contributed by atoms with Gasteiger partial charge in [0, 0.05) is 0 Å². The van der Waals surface area contributed by atoms with E-state index in [1.54, 1.807) is 0 Å². The lowest BCUT2D eigenvalue weighted by Crippen LogP contribution is -2.13. The number of alkyl halides is 3. The molecule has 0 aliphatic carbocycles. The van der Waals surface area contributed by atoms with Gasteiger partial charge in [0.2, 0.25) is 0 Å². The first-order valence-corrected chi connectivity index (χ1v) is 4.01. The fraction of sp³-hybridized carbons (Fsp3) is 0.125. The van der Waals surface area contributed by atoms with Crippen LogP contribution in [-0.4, -0.2) is 11.1 Å². The molecule has 1 aromatic carbocycles. The van der Waals surface area contributed by atoms with Gasteiger partial charge in [-0.05, 0) is 12.1 Å². The van der Waals surface area contributed by atoms with Crippen LogP contribution in [0.25, 0.3) is 0 Å². The van der Waals surface area contributed by atoms with Crippen LogP contribution in [0.3, 0.4) is 0 Å². The molecule has 0 atom stereocenters. The average molecular weight is 240 g/mol. The van der Waals surface area contributed by atoms with Crippen molar-refractivity contribution in [3.8, 4) is 0 Å². The smallest absolute Gasteiger partial charge is 0.417 e. The minimum atomic E-state index is -4.77. The van der Waals surface area contributed by atoms with Crippen molar-refractivity contribution in [1.82, 2.24) is 0 Å². The molecule has 0 amide bonds. The molecule has 0 unspecified atom stereocenters. The van der Waals surface area contributed by atoms with Gasteiger partial charge in [0.1, 0.15) is 0 Å². The molecule has 0 saturated carbocycles. The highest BCUT2D eigenvalue weighted by Gasteiger charge is 2.36. The van der Waals surface area contributed by atoms with Gasteiger partial charge >= 0.3 is 12.1 Å². The summed E-state index contributed by atoms with van der Waals surface area (Å²) in [5.41, 5.74) is 2.78. The van der Waals surface area contributed by atoms with Crippen molar-refractivity contribution < 1.29 is 23.1 Å². The SMILES string of the molecule is Nc1cc(C(=O)O)c(C(F)(F)F)cc1Cl. The summed E-state index contributed by atoms with van der Waals surface area (Å²) in [6.07, 6.45) is -4.77. The summed E-state index contributed by atoms with van der Waals surface area (Å²) in [5, 5.41) is 8.22. The Morgan fingerprint density at radius 2 is 1.93 bits per heavy atom. The predicted molar refractivity (Wildman–Crippen MR) is 47.8 cm³/mol. The maximum absolute atomic E-state index is 12.4. The van der Waals surface area contributed by atoms with Crippen LogP contribution in [0.1, 0.15) is 15.9 Å². The number of aromatic carboxylic acids is 1. The van der Waals surface area contributed by atoms with Crippen molar-refractivity contribution in [2.24, 2.45) is 0 Å². The van der Waals surface area contributed by atoms with Gasteiger partial charge in [0.05, 0.1) is 21.8 Å². The van der Waals surface area contributed by atoms with Gasteiger partial charge in [-0.1, -0.05) is 11.6 Å². The van der Waals surface area contributed by atoms with Gasteiger partial charge in [-0.3, -0.25) is 0 Å². The number of halogens is 4. The van der Waals surface area contributed by atoms with Gasteiger partial charge in [-0.2, -0.15) is 13.2 Å². The molecule has 0 heterocycles. The van der Waals surface area contributed by atoms with Crippen LogP contribution in [0, 0.1) is 0 Å². The Bertz CT molecular complexity index is 417. The molecule has 0 aromatic heterocycles. The van der Waals surface area contributed by atoms with Crippen molar-refractivity contribution in [3.05, 3.63) is 28.3 Å². The quantitative estimate of drug-likeness (QED) is 0.741. The highest BCUT2D eigenvalue weighted by Crippen LogP contribution is 2.35. The monoisotopic (exact) mass is 239 g/mol. The molecule has 0 fully saturated rings. The Morgan fingerprint density at radius 3 is 2.33 bits per heavy atom. The molecule has 0 saturated heterocycles. The van der Waals surface area contributed by atoms with Gasteiger partial charge in [0.15, 0.2) is 0 Å². The molecule has 82 valence electrons. The lowest BCUT2D eigenvalue weighted by atomic mass is 10.1. The predicted octanol–water partition coefficient (Wildman–Crippen LogP) is 2.64. The molecule has 0 radical (unpaired) electrons. The zero-order valence-corrected chi connectivity index (χ0v) is 7.86. The van der Waals surface area contributed by atoms with Crippen LogP contribution in [-0.2, 0) is 6.18 Å². The number of hydrogen-bond donors (Lipinski definition) is 2. The number of carbonyl (C=O) groups is 1. The fourth-order valence-electron chi connectivity index (χ4n) is 1.00. The second-order valence-corrected chi connectivity index (χ2v) is 3.13. The van der Waals surface area contributed by atoms with Gasteiger partial charge in [-0.25, -0.2) is 4.79 Å². The van der Waals surface area contributed by atoms with Crippen LogP contribution in [0.4, 0.5) is 18.9 Å². The van der Waals surface area contributed by atoms with Crippen molar-refractivity contribution in [3.63, 3.8) is 0 Å². The minimum Gasteiger partial charge on any atom is -0.478 e. The number of anilines is 1. The van der Waals surface area contributed by atoms with Crippen molar-refractivity contribution in [2.75, 3.05) is 5.73 Å². The lowest BCUT2D eigenvalue weighted by Gasteiger charge is -2.11. The standard InChI is InChI=1S/C8H5ClF3NO2/c9-5-2-4(8(10,11)12)3(7(14)15)1-6(5)13/h1-2H,13H2,(H,14,15). The largest absolute Gasteiger partial charge is 0.478 e. The Kier molecular flexibility index (Phi) is 2.81. The number of nitrogen functional groups attached to an aromatic ring is 1. The minimum absolute atomic E-state index is 0.206. The molecule has 0 aliphatic rings. The molecule has 7 heteroatoms. The summed E-state index contributed by atoms with van der Waals surface area (Å²) in [4.78, 5) is 10.5. The second-order valence-electron chi connectivity index (χ2n) is 2.72. The lowest BCUT2D eigenvalue weighted by molar-refractivity contribution is -0.138. The third kappa shape index (κ3) is 2.33. The summed E-state index contributed by atoms with van der Waals surface area (Å²) < 4.78 is 37.1. The fourth-order valence-corrected chi connectivity index (χ4v) is 1.17. The third-order valence-electron chi connectivity index (χ3n) is 1.67. The van der Waals surface area contributed by atoms with Crippen molar-refractivity contribution in [1.29, 1.82) is 0 Å². The Labute approximate surface area is 87.3 Å². The summed E-state index contributed by atoms with van der Waals surface area (Å²) in [6, 6.07) is 1.19. The van der Waals surface area contributed by atoms with E-state index in [1.807, 2.05) is 0 Å². The number of nitrogens with two attached hydrogens (primary N) is 1. The molecular formula is C8H5ClF3NO2. The van der Waals surface area contributed by atoms with Crippen LogP contribution >= 0.6 is 11.6 Å². The van der Waals surface area contributed by atoms with E-state index in [-0.39, 0.29) is 10.7 Å². The average Bonchev–Trinajstić information content (AvgIpc) is 2.06. The first kappa shape index (κ1) is 11.6. The third-order valence-corrected chi connectivity index (χ3v) is 2.00. The zero-order chi connectivity index (χ0) is 11.8. The summed E-state index contributed by atoms with van der Waals surface area (Å²) in [7, 11) is 0. The molecule has 0 spiro atoms. The number of benzene rings is 1. The zero-order valence-electron chi connectivity index (χ0n) is 7.10. The maximum Gasteiger partial charge on any atom is 0.417 e. The highest BCUT2D eigenvalue weighted by atomic mass is 35.5. The van der Waals surface area contributed by atoms with Gasteiger partial charge < -0.3 is 10.8 Å². The number of hydrogen-bond acceptors (Lipinski definition) is 2. The van der Waals surface area contributed by atoms with Crippen LogP contribution in [0.2, 0.25) is 5.02 Å². The topological polar surface area (TPSA) is 63.3 Å². The first-order valence-electron chi connectivity index (χ1n) is 3.63. The van der Waals surface area contributed by atoms with Crippen molar-refractivity contribution >= 4 is 23.3 Å². The molecule has 15 heavy (non-hydrogen) atoms. The molecule has 0 aliphatic heterocycles. The molecular weight excluding hydrogens is 235 g/mol. The highest BCUT2D eigenvalue weighted by molar-refractivity contribution is 6.33. The van der Waals surface area contributed by atoms with E-state index in [1.165, 1.54) is 0 Å². The van der Waals surface area contributed by atoms with Crippen LogP contribution in [0.5, 0.6) is 0 Å². The van der Waals surface area contributed by atoms with E-state index < -0.39 is 23.3 Å². The molecule has 1 rings (SSSR count). The van der Waals surface area contributed by atoms with E-state index in [0.29, 0.717) is 12.1 Å². The van der Waals surface area contributed by atoms with Crippen molar-refractivity contribution in [2.45, 2.75) is 6.18 Å². The molecule has 0 bridgehead atoms. The van der Waals surface area contributed by atoms with E-state index in [4.69, 9.17) is 22.4 Å². The van der Waals surface area contributed by atoms with E-state index in [2.05, 4.69) is 0 Å². The van der Waals surface area contributed by atoms with E-state index in [0.717, 1.165) is 0 Å². The van der Waals surface area contributed by atoms with Gasteiger partial charge in [-0.15, -0.1) is 0 Å². The maximum atomic E-state index is 12.4. The Morgan fingerprint density at radius 1 is 1.40 bits per heavy atom. The van der Waals surface area contributed by atoms with Crippen LogP contribution in [0.15, 0.2) is 12.1 Å². The number of carboxylic acids is 1. The molecule has 3 N–H and O–H groups in total. The Balaban J connectivity index is 3.49.